The third-order valence-corrected chi connectivity index (χ3v) is 3.59. The third kappa shape index (κ3) is 6.06. The van der Waals surface area contributed by atoms with Gasteiger partial charge in [-0.1, -0.05) is 31.5 Å². The molecule has 3 nitrogen and oxygen atoms in total. The number of benzene rings is 1. The molecule has 3 heteroatoms. The molecule has 0 amide bonds. The van der Waals surface area contributed by atoms with Crippen LogP contribution in [-0.4, -0.2) is 30.8 Å². The fraction of sp³-hybridized carbons (Fsp3) is 0.667. The second kappa shape index (κ2) is 9.06. The lowest BCUT2D eigenvalue weighted by Gasteiger charge is -2.31. The molecule has 1 aromatic carbocycles. The van der Waals surface area contributed by atoms with Crippen molar-refractivity contribution in [2.45, 2.75) is 53.6 Å². The summed E-state index contributed by atoms with van der Waals surface area (Å²) in [5.41, 5.74) is 3.94. The van der Waals surface area contributed by atoms with Gasteiger partial charge >= 0.3 is 0 Å². The first-order chi connectivity index (χ1) is 9.95. The van der Waals surface area contributed by atoms with Gasteiger partial charge in [0.25, 0.3) is 0 Å². The number of rotatable bonds is 9. The molecule has 1 rings (SSSR count). The van der Waals surface area contributed by atoms with Gasteiger partial charge in [-0.2, -0.15) is 0 Å². The Kier molecular flexibility index (Phi) is 7.76. The van der Waals surface area contributed by atoms with Crippen molar-refractivity contribution in [1.29, 1.82) is 0 Å². The molecule has 0 saturated heterocycles. The van der Waals surface area contributed by atoms with Gasteiger partial charge < -0.3 is 15.3 Å². The lowest BCUT2D eigenvalue weighted by molar-refractivity contribution is 0.288. The second-order valence-corrected chi connectivity index (χ2v) is 6.52. The zero-order valence-corrected chi connectivity index (χ0v) is 14.3. The highest BCUT2D eigenvalue weighted by Crippen LogP contribution is 2.24. The van der Waals surface area contributed by atoms with E-state index < -0.39 is 0 Å². The quantitative estimate of drug-likeness (QED) is 0.733. The number of anilines is 1. The first-order valence-electron chi connectivity index (χ1n) is 8.13. The van der Waals surface area contributed by atoms with Gasteiger partial charge in [-0.3, -0.25) is 0 Å². The van der Waals surface area contributed by atoms with Crippen molar-refractivity contribution in [2.75, 3.05) is 24.6 Å². The average Bonchev–Trinajstić information content (AvgIpc) is 2.40. The van der Waals surface area contributed by atoms with Crippen LogP contribution < -0.4 is 10.2 Å². The number of aliphatic hydroxyl groups excluding tert-OH is 1. The Morgan fingerprint density at radius 1 is 1.19 bits per heavy atom. The summed E-state index contributed by atoms with van der Waals surface area (Å²) in [6, 6.07) is 7.11. The van der Waals surface area contributed by atoms with Gasteiger partial charge in [0.05, 0.1) is 0 Å². The zero-order chi connectivity index (χ0) is 15.8. The van der Waals surface area contributed by atoms with Crippen molar-refractivity contribution in [1.82, 2.24) is 5.32 Å². The highest BCUT2D eigenvalue weighted by molar-refractivity contribution is 5.55. The maximum Gasteiger partial charge on any atom is 0.0447 e. The Hall–Kier alpha value is -1.06. The Morgan fingerprint density at radius 2 is 1.90 bits per heavy atom. The van der Waals surface area contributed by atoms with E-state index in [4.69, 9.17) is 5.11 Å². The Morgan fingerprint density at radius 3 is 2.48 bits per heavy atom. The zero-order valence-electron chi connectivity index (χ0n) is 14.3. The molecular weight excluding hydrogens is 260 g/mol. The van der Waals surface area contributed by atoms with Crippen LogP contribution in [0.3, 0.4) is 0 Å². The number of hydrogen-bond acceptors (Lipinski definition) is 3. The van der Waals surface area contributed by atoms with Crippen molar-refractivity contribution < 1.29 is 5.11 Å². The summed E-state index contributed by atoms with van der Waals surface area (Å²) in [6.45, 7) is 14.1. The van der Waals surface area contributed by atoms with Crippen LogP contribution in [0.5, 0.6) is 0 Å². The van der Waals surface area contributed by atoms with Crippen LogP contribution in [0.1, 0.15) is 45.2 Å². The minimum Gasteiger partial charge on any atom is -0.396 e. The SMILES string of the molecule is Cc1ccc(N(CCCO)C(C)C)c(CNCC(C)C)c1. The Balaban J connectivity index is 2.91. The van der Waals surface area contributed by atoms with Crippen LogP contribution in [-0.2, 0) is 6.54 Å². The number of nitrogens with one attached hydrogen (secondary N) is 1. The lowest BCUT2D eigenvalue weighted by atomic mass is 10.1. The lowest BCUT2D eigenvalue weighted by Crippen LogP contribution is -2.33. The number of aliphatic hydroxyl groups is 1. The van der Waals surface area contributed by atoms with Crippen molar-refractivity contribution in [3.05, 3.63) is 29.3 Å². The van der Waals surface area contributed by atoms with Crippen molar-refractivity contribution in [3.63, 3.8) is 0 Å². The van der Waals surface area contributed by atoms with Gasteiger partial charge in [0, 0.05) is 31.4 Å². The summed E-state index contributed by atoms with van der Waals surface area (Å²) in [5, 5.41) is 12.7. The number of nitrogens with zero attached hydrogens (tertiary/aromatic N) is 1. The molecule has 0 aromatic heterocycles. The predicted molar refractivity (Wildman–Crippen MR) is 91.9 cm³/mol. The molecule has 0 unspecified atom stereocenters. The molecule has 0 aliphatic rings. The topological polar surface area (TPSA) is 35.5 Å². The van der Waals surface area contributed by atoms with E-state index in [2.05, 4.69) is 63.0 Å². The summed E-state index contributed by atoms with van der Waals surface area (Å²) < 4.78 is 0. The van der Waals surface area contributed by atoms with E-state index in [1.807, 2.05) is 0 Å². The molecule has 120 valence electrons. The van der Waals surface area contributed by atoms with Gasteiger partial charge in [0.1, 0.15) is 0 Å². The molecule has 1 aromatic rings. The molecule has 0 fully saturated rings. The smallest absolute Gasteiger partial charge is 0.0447 e. The van der Waals surface area contributed by atoms with E-state index in [1.54, 1.807) is 0 Å². The number of hydrogen-bond donors (Lipinski definition) is 2. The number of aryl methyl sites for hydroxylation is 1. The summed E-state index contributed by atoms with van der Waals surface area (Å²) in [5.74, 6) is 0.661. The van der Waals surface area contributed by atoms with Crippen LogP contribution >= 0.6 is 0 Å². The summed E-state index contributed by atoms with van der Waals surface area (Å²) in [7, 11) is 0. The largest absolute Gasteiger partial charge is 0.396 e. The van der Waals surface area contributed by atoms with Gasteiger partial charge in [-0.25, -0.2) is 0 Å². The molecule has 0 saturated carbocycles. The monoisotopic (exact) mass is 292 g/mol. The molecule has 0 bridgehead atoms. The van der Waals surface area contributed by atoms with Crippen LogP contribution in [0.2, 0.25) is 0 Å². The van der Waals surface area contributed by atoms with E-state index in [1.165, 1.54) is 16.8 Å². The van der Waals surface area contributed by atoms with Gasteiger partial charge in [0.2, 0.25) is 0 Å². The van der Waals surface area contributed by atoms with Crippen LogP contribution in [0.4, 0.5) is 5.69 Å². The molecule has 0 atom stereocenters. The molecule has 0 radical (unpaired) electrons. The molecule has 0 aliphatic heterocycles. The normalized spacial score (nSPS) is 11.4. The molecule has 2 N–H and O–H groups in total. The third-order valence-electron chi connectivity index (χ3n) is 3.59. The highest BCUT2D eigenvalue weighted by Gasteiger charge is 2.14. The van der Waals surface area contributed by atoms with Crippen molar-refractivity contribution in [2.24, 2.45) is 5.92 Å². The maximum absolute atomic E-state index is 9.12. The van der Waals surface area contributed by atoms with E-state index in [0.717, 1.165) is 26.1 Å². The molecular formula is C18H32N2O. The summed E-state index contributed by atoms with van der Waals surface area (Å²) in [6.07, 6.45) is 0.810. The predicted octanol–water partition coefficient (Wildman–Crippen LogP) is 3.34. The van der Waals surface area contributed by atoms with E-state index in [-0.39, 0.29) is 6.61 Å². The van der Waals surface area contributed by atoms with Crippen molar-refractivity contribution >= 4 is 5.69 Å². The van der Waals surface area contributed by atoms with Crippen LogP contribution in [0, 0.1) is 12.8 Å². The highest BCUT2D eigenvalue weighted by atomic mass is 16.3. The van der Waals surface area contributed by atoms with E-state index >= 15 is 0 Å². The fourth-order valence-electron chi connectivity index (χ4n) is 2.53. The van der Waals surface area contributed by atoms with Crippen molar-refractivity contribution in [3.8, 4) is 0 Å². The van der Waals surface area contributed by atoms with Gasteiger partial charge in [-0.15, -0.1) is 0 Å². The Bertz CT molecular complexity index is 416. The minimum absolute atomic E-state index is 0.246. The maximum atomic E-state index is 9.12. The molecule has 0 heterocycles. The first-order valence-corrected chi connectivity index (χ1v) is 8.13. The van der Waals surface area contributed by atoms with E-state index in [9.17, 15) is 0 Å². The van der Waals surface area contributed by atoms with Crippen LogP contribution in [0.15, 0.2) is 18.2 Å². The second-order valence-electron chi connectivity index (χ2n) is 6.52. The molecule has 21 heavy (non-hydrogen) atoms. The minimum atomic E-state index is 0.246. The summed E-state index contributed by atoms with van der Waals surface area (Å²) >= 11 is 0. The molecule has 0 spiro atoms. The van der Waals surface area contributed by atoms with Gasteiger partial charge in [-0.05, 0) is 51.3 Å². The van der Waals surface area contributed by atoms with Crippen LogP contribution in [0.25, 0.3) is 0 Å². The van der Waals surface area contributed by atoms with Gasteiger partial charge in [0.15, 0.2) is 0 Å². The first kappa shape index (κ1) is 18.0. The Labute approximate surface area is 130 Å². The standard InChI is InChI=1S/C18H32N2O/c1-14(2)12-19-13-17-11-16(5)7-8-18(17)20(15(3)4)9-6-10-21/h7-8,11,14-15,19,21H,6,9-10,12-13H2,1-5H3. The summed E-state index contributed by atoms with van der Waals surface area (Å²) in [4.78, 5) is 2.39. The van der Waals surface area contributed by atoms with E-state index in [0.29, 0.717) is 12.0 Å². The molecule has 0 aliphatic carbocycles. The average molecular weight is 292 g/mol. The fourth-order valence-corrected chi connectivity index (χ4v) is 2.53.